The quantitative estimate of drug-likeness (QED) is 0.751. The van der Waals surface area contributed by atoms with E-state index in [-0.39, 0.29) is 6.03 Å². The number of imide groups is 1. The molecule has 1 N–H and O–H groups in total. The van der Waals surface area contributed by atoms with Gasteiger partial charge in [0.05, 0.1) is 0 Å². The van der Waals surface area contributed by atoms with Crippen molar-refractivity contribution in [3.8, 4) is 0 Å². The maximum Gasteiger partial charge on any atom is 0.324 e. The summed E-state index contributed by atoms with van der Waals surface area (Å²) in [5.74, 6) is -0.442. The Morgan fingerprint density at radius 1 is 1.12 bits per heavy atom. The third-order valence-corrected chi connectivity index (χ3v) is 3.12. The molecule has 0 bridgehead atoms. The molecular formula is C11H20ClN3O2. The van der Waals surface area contributed by atoms with Crippen molar-refractivity contribution in [1.82, 2.24) is 15.1 Å². The molecule has 1 heterocycles. The zero-order valence-electron chi connectivity index (χ0n) is 10.6. The number of nitrogens with zero attached hydrogens (tertiary/aromatic N) is 2. The minimum absolute atomic E-state index is 0.342. The Bertz CT molecular complexity index is 286. The third-order valence-electron chi connectivity index (χ3n) is 2.92. The van der Waals surface area contributed by atoms with Gasteiger partial charge in [-0.05, 0) is 20.8 Å². The van der Waals surface area contributed by atoms with E-state index in [1.165, 1.54) is 0 Å². The molecule has 1 rings (SSSR count). The van der Waals surface area contributed by atoms with E-state index in [9.17, 15) is 9.59 Å². The maximum atomic E-state index is 11.7. The first-order chi connectivity index (χ1) is 7.91. The number of halogens is 1. The van der Waals surface area contributed by atoms with E-state index in [2.05, 4.69) is 24.1 Å². The second kappa shape index (κ2) is 6.21. The number of hydrogen-bond donors (Lipinski definition) is 1. The summed E-state index contributed by atoms with van der Waals surface area (Å²) in [5, 5.41) is 1.61. The van der Waals surface area contributed by atoms with Gasteiger partial charge in [0.2, 0.25) is 5.91 Å². The number of carbonyl (C=O) groups is 2. The second-order valence-corrected chi connectivity index (χ2v) is 5.18. The van der Waals surface area contributed by atoms with E-state index in [0.717, 1.165) is 13.1 Å². The molecule has 17 heavy (non-hydrogen) atoms. The first kappa shape index (κ1) is 14.3. The molecule has 6 heteroatoms. The Labute approximate surface area is 107 Å². The molecule has 1 aliphatic rings. The van der Waals surface area contributed by atoms with Gasteiger partial charge in [0.15, 0.2) is 0 Å². The molecular weight excluding hydrogens is 242 g/mol. The minimum Gasteiger partial charge on any atom is -0.322 e. The van der Waals surface area contributed by atoms with Gasteiger partial charge >= 0.3 is 6.03 Å². The highest BCUT2D eigenvalue weighted by atomic mass is 35.5. The van der Waals surface area contributed by atoms with Crippen LogP contribution in [0, 0.1) is 0 Å². The third kappa shape index (κ3) is 4.16. The number of hydrogen-bond acceptors (Lipinski definition) is 3. The number of nitrogens with one attached hydrogen (secondary N) is 1. The summed E-state index contributed by atoms with van der Waals surface area (Å²) >= 11 is 5.58. The molecule has 1 saturated heterocycles. The van der Waals surface area contributed by atoms with Crippen LogP contribution in [0.2, 0.25) is 0 Å². The Balaban J connectivity index is 2.38. The van der Waals surface area contributed by atoms with Crippen molar-refractivity contribution < 1.29 is 9.59 Å². The van der Waals surface area contributed by atoms with E-state index in [1.807, 2.05) is 0 Å². The molecule has 1 atom stereocenters. The van der Waals surface area contributed by atoms with Crippen LogP contribution < -0.4 is 5.32 Å². The van der Waals surface area contributed by atoms with E-state index in [4.69, 9.17) is 11.6 Å². The monoisotopic (exact) mass is 261 g/mol. The van der Waals surface area contributed by atoms with Gasteiger partial charge in [-0.2, -0.15) is 0 Å². The fraction of sp³-hybridized carbons (Fsp3) is 0.818. The summed E-state index contributed by atoms with van der Waals surface area (Å²) in [4.78, 5) is 26.9. The predicted octanol–water partition coefficient (Wildman–Crippen LogP) is 0.876. The van der Waals surface area contributed by atoms with E-state index >= 15 is 0 Å². The number of piperazine rings is 1. The summed E-state index contributed by atoms with van der Waals surface area (Å²) in [7, 11) is 0. The fourth-order valence-corrected chi connectivity index (χ4v) is 1.78. The predicted molar refractivity (Wildman–Crippen MR) is 67.1 cm³/mol. The lowest BCUT2D eigenvalue weighted by atomic mass is 10.2. The SMILES string of the molecule is CC(Cl)C(=O)NC(=O)N1CCN(C(C)C)CC1. The Kier molecular flexibility index (Phi) is 5.21. The molecule has 0 aromatic heterocycles. The van der Waals surface area contributed by atoms with Gasteiger partial charge in [0.25, 0.3) is 0 Å². The first-order valence-corrected chi connectivity index (χ1v) is 6.33. The number of amides is 3. The van der Waals surface area contributed by atoms with Crippen molar-refractivity contribution in [2.24, 2.45) is 0 Å². The number of rotatable bonds is 2. The van der Waals surface area contributed by atoms with Crippen molar-refractivity contribution in [2.45, 2.75) is 32.2 Å². The summed E-state index contributed by atoms with van der Waals surface area (Å²) in [6.45, 7) is 8.79. The smallest absolute Gasteiger partial charge is 0.322 e. The molecule has 1 fully saturated rings. The molecule has 0 saturated carbocycles. The molecule has 0 aliphatic carbocycles. The molecule has 0 aromatic rings. The molecule has 1 aliphatic heterocycles. The second-order valence-electron chi connectivity index (χ2n) is 4.53. The summed E-state index contributed by atoms with van der Waals surface area (Å²) in [5.41, 5.74) is 0. The normalized spacial score (nSPS) is 19.2. The molecule has 1 unspecified atom stereocenters. The molecule has 0 spiro atoms. The largest absolute Gasteiger partial charge is 0.324 e. The van der Waals surface area contributed by atoms with Gasteiger partial charge in [0.1, 0.15) is 5.38 Å². The molecule has 0 radical (unpaired) electrons. The first-order valence-electron chi connectivity index (χ1n) is 5.89. The van der Waals surface area contributed by atoms with Crippen LogP contribution in [0.15, 0.2) is 0 Å². The Hall–Kier alpha value is -0.810. The minimum atomic E-state index is -0.684. The standard InChI is InChI=1S/C11H20ClN3O2/c1-8(2)14-4-6-15(7-5-14)11(17)13-10(16)9(3)12/h8-9H,4-7H2,1-3H3,(H,13,16,17). The summed E-state index contributed by atoms with van der Waals surface area (Å²) in [6.07, 6.45) is 0. The maximum absolute atomic E-state index is 11.7. The van der Waals surface area contributed by atoms with E-state index in [0.29, 0.717) is 19.1 Å². The average Bonchev–Trinajstić information content (AvgIpc) is 2.28. The van der Waals surface area contributed by atoms with Crippen molar-refractivity contribution >= 4 is 23.5 Å². The van der Waals surface area contributed by atoms with Gasteiger partial charge in [-0.3, -0.25) is 15.0 Å². The lowest BCUT2D eigenvalue weighted by Crippen LogP contribution is -2.54. The zero-order chi connectivity index (χ0) is 13.0. The van der Waals surface area contributed by atoms with E-state index in [1.54, 1.807) is 11.8 Å². The lowest BCUT2D eigenvalue weighted by Gasteiger charge is -2.36. The zero-order valence-corrected chi connectivity index (χ0v) is 11.3. The van der Waals surface area contributed by atoms with Crippen LogP contribution in [0.1, 0.15) is 20.8 Å². The van der Waals surface area contributed by atoms with Crippen molar-refractivity contribution in [1.29, 1.82) is 0 Å². The van der Waals surface area contributed by atoms with Crippen LogP contribution >= 0.6 is 11.6 Å². The van der Waals surface area contributed by atoms with Crippen molar-refractivity contribution in [3.05, 3.63) is 0 Å². The van der Waals surface area contributed by atoms with Gasteiger partial charge in [-0.15, -0.1) is 11.6 Å². The van der Waals surface area contributed by atoms with E-state index < -0.39 is 11.3 Å². The topological polar surface area (TPSA) is 52.7 Å². The molecule has 0 aromatic carbocycles. The van der Waals surface area contributed by atoms with Gasteiger partial charge < -0.3 is 4.90 Å². The highest BCUT2D eigenvalue weighted by molar-refractivity contribution is 6.31. The Morgan fingerprint density at radius 2 is 1.65 bits per heavy atom. The number of urea groups is 1. The Morgan fingerprint density at radius 3 is 2.06 bits per heavy atom. The van der Waals surface area contributed by atoms with Gasteiger partial charge in [0, 0.05) is 32.2 Å². The number of carbonyl (C=O) groups excluding carboxylic acids is 2. The highest BCUT2D eigenvalue weighted by Crippen LogP contribution is 2.06. The van der Waals surface area contributed by atoms with Gasteiger partial charge in [-0.1, -0.05) is 0 Å². The van der Waals surface area contributed by atoms with Crippen LogP contribution in [-0.4, -0.2) is 59.3 Å². The lowest BCUT2D eigenvalue weighted by molar-refractivity contribution is -0.119. The average molecular weight is 262 g/mol. The van der Waals surface area contributed by atoms with Crippen LogP contribution in [0.3, 0.4) is 0 Å². The molecule has 3 amide bonds. The van der Waals surface area contributed by atoms with Crippen LogP contribution in [0.4, 0.5) is 4.79 Å². The summed E-state index contributed by atoms with van der Waals surface area (Å²) in [6, 6.07) is 0.149. The van der Waals surface area contributed by atoms with Crippen molar-refractivity contribution in [2.75, 3.05) is 26.2 Å². The molecule has 5 nitrogen and oxygen atoms in total. The summed E-state index contributed by atoms with van der Waals surface area (Å²) < 4.78 is 0. The van der Waals surface area contributed by atoms with Crippen LogP contribution in [-0.2, 0) is 4.79 Å². The van der Waals surface area contributed by atoms with Crippen molar-refractivity contribution in [3.63, 3.8) is 0 Å². The highest BCUT2D eigenvalue weighted by Gasteiger charge is 2.24. The number of alkyl halides is 1. The fourth-order valence-electron chi connectivity index (χ4n) is 1.73. The van der Waals surface area contributed by atoms with Gasteiger partial charge in [-0.25, -0.2) is 4.79 Å². The van der Waals surface area contributed by atoms with Crippen LogP contribution in [0.5, 0.6) is 0 Å². The van der Waals surface area contributed by atoms with Crippen LogP contribution in [0.25, 0.3) is 0 Å². The molecule has 98 valence electrons.